The molecular weight excluding hydrogens is 212 g/mol. The van der Waals surface area contributed by atoms with Crippen molar-refractivity contribution in [3.05, 3.63) is 42.0 Å². The molecule has 0 amide bonds. The zero-order valence-electron chi connectivity index (χ0n) is 9.63. The molecule has 2 aromatic carbocycles. The van der Waals surface area contributed by atoms with Crippen molar-refractivity contribution in [3.8, 4) is 5.75 Å². The summed E-state index contributed by atoms with van der Waals surface area (Å²) < 4.78 is 0. The maximum atomic E-state index is 10.1. The van der Waals surface area contributed by atoms with E-state index < -0.39 is 0 Å². The van der Waals surface area contributed by atoms with Crippen molar-refractivity contribution in [2.75, 3.05) is 0 Å². The van der Waals surface area contributed by atoms with E-state index in [1.54, 1.807) is 6.07 Å². The number of phenolic OH excluding ortho intramolecular Hbond substituents is 1. The maximum absolute atomic E-state index is 10.1. The van der Waals surface area contributed by atoms with Gasteiger partial charge in [0.2, 0.25) is 0 Å². The number of aliphatic hydroxyl groups is 1. The minimum atomic E-state index is -0.210. The predicted molar refractivity (Wildman–Crippen MR) is 68.2 cm³/mol. The Labute approximate surface area is 101 Å². The number of fused-ring (bicyclic) bond motifs is 1. The van der Waals surface area contributed by atoms with E-state index in [4.69, 9.17) is 0 Å². The van der Waals surface area contributed by atoms with Crippen molar-refractivity contribution in [1.82, 2.24) is 0 Å². The number of rotatable bonds is 1. The lowest BCUT2D eigenvalue weighted by molar-refractivity contribution is 0.181. The second kappa shape index (κ2) is 4.04. The van der Waals surface area contributed by atoms with Gasteiger partial charge in [-0.25, -0.2) is 0 Å². The number of benzene rings is 2. The highest BCUT2D eigenvalue weighted by Gasteiger charge is 2.27. The van der Waals surface area contributed by atoms with Crippen LogP contribution in [0.4, 0.5) is 0 Å². The average Bonchev–Trinajstić information content (AvgIpc) is 2.75. The van der Waals surface area contributed by atoms with Crippen LogP contribution >= 0.6 is 0 Å². The van der Waals surface area contributed by atoms with Gasteiger partial charge in [-0.2, -0.15) is 0 Å². The van der Waals surface area contributed by atoms with E-state index in [1.807, 2.05) is 18.2 Å². The molecule has 1 fully saturated rings. The van der Waals surface area contributed by atoms with E-state index in [0.717, 1.165) is 35.6 Å². The van der Waals surface area contributed by atoms with Gasteiger partial charge in [-0.1, -0.05) is 30.3 Å². The molecule has 1 aliphatic carbocycles. The normalized spacial score (nSPS) is 24.3. The second-order valence-corrected chi connectivity index (χ2v) is 4.88. The Morgan fingerprint density at radius 1 is 1.00 bits per heavy atom. The van der Waals surface area contributed by atoms with Gasteiger partial charge in [0, 0.05) is 5.56 Å². The van der Waals surface area contributed by atoms with Gasteiger partial charge in [0.15, 0.2) is 0 Å². The minimum absolute atomic E-state index is 0.210. The average molecular weight is 228 g/mol. The zero-order valence-corrected chi connectivity index (χ0v) is 9.63. The van der Waals surface area contributed by atoms with Gasteiger partial charge in [0.25, 0.3) is 0 Å². The van der Waals surface area contributed by atoms with Crippen molar-refractivity contribution in [1.29, 1.82) is 0 Å². The molecule has 2 nitrogen and oxygen atoms in total. The van der Waals surface area contributed by atoms with Crippen LogP contribution in [0.2, 0.25) is 0 Å². The summed E-state index contributed by atoms with van der Waals surface area (Å²) >= 11 is 0. The van der Waals surface area contributed by atoms with Crippen molar-refractivity contribution in [2.24, 2.45) is 0 Å². The lowest BCUT2D eigenvalue weighted by atomic mass is 9.91. The van der Waals surface area contributed by atoms with Crippen LogP contribution in [-0.4, -0.2) is 16.3 Å². The van der Waals surface area contributed by atoms with Gasteiger partial charge < -0.3 is 10.2 Å². The van der Waals surface area contributed by atoms with Gasteiger partial charge >= 0.3 is 0 Å². The fraction of sp³-hybridized carbons (Fsp3) is 0.333. The summed E-state index contributed by atoms with van der Waals surface area (Å²) in [4.78, 5) is 0. The van der Waals surface area contributed by atoms with E-state index in [-0.39, 0.29) is 12.0 Å². The van der Waals surface area contributed by atoms with Crippen LogP contribution in [0.25, 0.3) is 10.8 Å². The first-order valence-electron chi connectivity index (χ1n) is 6.14. The smallest absolute Gasteiger partial charge is 0.119 e. The lowest BCUT2D eigenvalue weighted by Crippen LogP contribution is -2.00. The second-order valence-electron chi connectivity index (χ2n) is 4.88. The van der Waals surface area contributed by atoms with Crippen LogP contribution < -0.4 is 0 Å². The zero-order chi connectivity index (χ0) is 11.8. The van der Waals surface area contributed by atoms with E-state index in [2.05, 4.69) is 12.1 Å². The number of aromatic hydroxyl groups is 1. The first-order chi connectivity index (χ1) is 8.25. The third kappa shape index (κ3) is 1.79. The van der Waals surface area contributed by atoms with Gasteiger partial charge in [0.05, 0.1) is 6.10 Å². The number of hydrogen-bond donors (Lipinski definition) is 2. The molecule has 3 rings (SSSR count). The van der Waals surface area contributed by atoms with Gasteiger partial charge in [-0.05, 0) is 42.0 Å². The third-order valence-electron chi connectivity index (χ3n) is 3.76. The van der Waals surface area contributed by atoms with Crippen LogP contribution in [0.1, 0.15) is 30.7 Å². The van der Waals surface area contributed by atoms with Crippen LogP contribution in [0.5, 0.6) is 5.75 Å². The molecule has 2 heteroatoms. The number of aliphatic hydroxyl groups excluding tert-OH is 1. The molecule has 1 aliphatic rings. The van der Waals surface area contributed by atoms with E-state index >= 15 is 0 Å². The fourth-order valence-electron chi connectivity index (χ4n) is 2.93. The van der Waals surface area contributed by atoms with Crippen LogP contribution in [0.15, 0.2) is 36.4 Å². The summed E-state index contributed by atoms with van der Waals surface area (Å²) in [5.41, 5.74) is 1.01. The number of phenols is 1. The van der Waals surface area contributed by atoms with Gasteiger partial charge in [-0.3, -0.25) is 0 Å². The van der Waals surface area contributed by atoms with Crippen LogP contribution in [0, 0.1) is 0 Å². The summed E-state index contributed by atoms with van der Waals surface area (Å²) in [6.45, 7) is 0. The molecule has 0 aliphatic heterocycles. The van der Waals surface area contributed by atoms with Crippen LogP contribution in [-0.2, 0) is 0 Å². The Morgan fingerprint density at radius 2 is 1.82 bits per heavy atom. The maximum Gasteiger partial charge on any atom is 0.119 e. The molecule has 0 aromatic heterocycles. The Bertz CT molecular complexity index is 548. The van der Waals surface area contributed by atoms with Crippen molar-refractivity contribution in [3.63, 3.8) is 0 Å². The summed E-state index contributed by atoms with van der Waals surface area (Å²) in [5, 5.41) is 22.0. The Hall–Kier alpha value is -1.54. The molecule has 0 spiro atoms. The number of hydrogen-bond acceptors (Lipinski definition) is 2. The van der Waals surface area contributed by atoms with Gasteiger partial charge in [-0.15, -0.1) is 0 Å². The lowest BCUT2D eigenvalue weighted by Gasteiger charge is -2.15. The van der Waals surface area contributed by atoms with E-state index in [1.165, 1.54) is 0 Å². The highest BCUT2D eigenvalue weighted by Crippen LogP contribution is 2.42. The summed E-state index contributed by atoms with van der Waals surface area (Å²) in [6, 6.07) is 11.8. The Morgan fingerprint density at radius 3 is 2.59 bits per heavy atom. The molecule has 2 atom stereocenters. The monoisotopic (exact) mass is 228 g/mol. The summed E-state index contributed by atoms with van der Waals surface area (Å²) in [5.74, 6) is 0.652. The molecule has 2 aromatic rings. The highest BCUT2D eigenvalue weighted by atomic mass is 16.3. The molecule has 88 valence electrons. The van der Waals surface area contributed by atoms with Crippen LogP contribution in [0.3, 0.4) is 0 Å². The summed E-state index contributed by atoms with van der Waals surface area (Å²) in [6.07, 6.45) is 2.36. The largest absolute Gasteiger partial charge is 0.508 e. The molecule has 0 bridgehead atoms. The quantitative estimate of drug-likeness (QED) is 0.787. The fourth-order valence-corrected chi connectivity index (χ4v) is 2.93. The molecule has 2 N–H and O–H groups in total. The molecule has 0 radical (unpaired) electrons. The topological polar surface area (TPSA) is 40.5 Å². The van der Waals surface area contributed by atoms with Gasteiger partial charge in [0.1, 0.15) is 5.75 Å². The first kappa shape index (κ1) is 10.6. The minimum Gasteiger partial charge on any atom is -0.508 e. The first-order valence-corrected chi connectivity index (χ1v) is 6.14. The molecule has 17 heavy (non-hydrogen) atoms. The van der Waals surface area contributed by atoms with Crippen molar-refractivity contribution < 1.29 is 10.2 Å². The Kier molecular flexibility index (Phi) is 2.52. The molecule has 0 heterocycles. The predicted octanol–water partition coefficient (Wildman–Crippen LogP) is 3.17. The SMILES string of the molecule is Oc1ccc2ccccc2c1C1CCC(O)C1. The molecule has 0 saturated heterocycles. The standard InChI is InChI=1S/C15H16O2/c16-12-7-5-11(9-12)15-13-4-2-1-3-10(13)6-8-14(15)17/h1-4,6,8,11-12,16-17H,5,7,9H2. The van der Waals surface area contributed by atoms with E-state index in [9.17, 15) is 10.2 Å². The third-order valence-corrected chi connectivity index (χ3v) is 3.76. The molecular formula is C15H16O2. The molecule has 2 unspecified atom stereocenters. The van der Waals surface area contributed by atoms with Crippen molar-refractivity contribution in [2.45, 2.75) is 31.3 Å². The summed E-state index contributed by atoms with van der Waals surface area (Å²) in [7, 11) is 0. The van der Waals surface area contributed by atoms with Crippen molar-refractivity contribution >= 4 is 10.8 Å². The molecule has 1 saturated carbocycles. The van der Waals surface area contributed by atoms with E-state index in [0.29, 0.717) is 5.75 Å². The highest BCUT2D eigenvalue weighted by molar-refractivity contribution is 5.88. The Balaban J connectivity index is 2.17.